The van der Waals surface area contributed by atoms with Gasteiger partial charge in [0.2, 0.25) is 5.91 Å². The second-order valence-corrected chi connectivity index (χ2v) is 7.08. The average Bonchev–Trinajstić information content (AvgIpc) is 2.67. The number of carbonyl (C=O) groups is 2. The highest BCUT2D eigenvalue weighted by atomic mass is 19.1. The summed E-state index contributed by atoms with van der Waals surface area (Å²) >= 11 is 0. The van der Waals surface area contributed by atoms with Crippen LogP contribution in [0.1, 0.15) is 28.4 Å². The molecule has 2 aromatic rings. The molecule has 2 heterocycles. The maximum atomic E-state index is 13.9. The van der Waals surface area contributed by atoms with Gasteiger partial charge in [0, 0.05) is 43.6 Å². The lowest BCUT2D eigenvalue weighted by Crippen LogP contribution is -2.55. The van der Waals surface area contributed by atoms with Gasteiger partial charge < -0.3 is 14.5 Å². The van der Waals surface area contributed by atoms with E-state index in [9.17, 15) is 14.0 Å². The molecule has 7 heteroatoms. The summed E-state index contributed by atoms with van der Waals surface area (Å²) in [4.78, 5) is 33.0. The van der Waals surface area contributed by atoms with Crippen LogP contribution >= 0.6 is 0 Å². The van der Waals surface area contributed by atoms with Crippen molar-refractivity contribution in [2.24, 2.45) is 0 Å². The van der Waals surface area contributed by atoms with Crippen molar-refractivity contribution in [2.45, 2.75) is 26.3 Å². The number of benzene rings is 1. The Balaban J connectivity index is 1.63. The van der Waals surface area contributed by atoms with E-state index < -0.39 is 5.82 Å². The number of piperazine rings is 1. The van der Waals surface area contributed by atoms with Crippen LogP contribution in [-0.4, -0.2) is 59.4 Å². The molecule has 3 rings (SSSR count). The van der Waals surface area contributed by atoms with E-state index in [2.05, 4.69) is 4.98 Å². The molecule has 28 heavy (non-hydrogen) atoms. The number of pyridine rings is 1. The number of halogens is 1. The Hall–Kier alpha value is -2.96. The first-order valence-electron chi connectivity index (χ1n) is 9.22. The number of carbonyl (C=O) groups excluding carboxylic acids is 2. The maximum Gasteiger partial charge on any atom is 0.254 e. The first kappa shape index (κ1) is 19.8. The molecule has 1 saturated heterocycles. The van der Waals surface area contributed by atoms with Crippen molar-refractivity contribution in [3.05, 3.63) is 59.2 Å². The van der Waals surface area contributed by atoms with E-state index >= 15 is 0 Å². The van der Waals surface area contributed by atoms with E-state index in [0.29, 0.717) is 26.1 Å². The van der Waals surface area contributed by atoms with E-state index in [-0.39, 0.29) is 29.2 Å². The number of methoxy groups -OCH3 is 1. The van der Waals surface area contributed by atoms with Gasteiger partial charge in [0.15, 0.2) is 11.6 Å². The van der Waals surface area contributed by atoms with Gasteiger partial charge >= 0.3 is 0 Å². The number of amides is 2. The number of rotatable bonds is 4. The number of aryl methyl sites for hydroxylation is 1. The zero-order chi connectivity index (χ0) is 20.3. The Labute approximate surface area is 163 Å². The fourth-order valence-electron chi connectivity index (χ4n) is 3.45. The van der Waals surface area contributed by atoms with Crippen molar-refractivity contribution < 1.29 is 18.7 Å². The summed E-state index contributed by atoms with van der Waals surface area (Å²) in [5, 5.41) is 0. The fourth-order valence-corrected chi connectivity index (χ4v) is 3.45. The summed E-state index contributed by atoms with van der Waals surface area (Å²) in [6.45, 7) is 5.14. The molecule has 148 valence electrons. The van der Waals surface area contributed by atoms with Crippen LogP contribution in [0.25, 0.3) is 0 Å². The van der Waals surface area contributed by atoms with Crippen LogP contribution in [0.2, 0.25) is 0 Å². The predicted octanol–water partition coefficient (Wildman–Crippen LogP) is 2.45. The summed E-state index contributed by atoms with van der Waals surface area (Å²) in [6, 6.07) is 5.98. The van der Waals surface area contributed by atoms with Crippen LogP contribution in [0.3, 0.4) is 0 Å². The quantitative estimate of drug-likeness (QED) is 0.811. The summed E-state index contributed by atoms with van der Waals surface area (Å²) in [5.41, 5.74) is 2.17. The van der Waals surface area contributed by atoms with Crippen molar-refractivity contribution in [1.29, 1.82) is 0 Å². The van der Waals surface area contributed by atoms with Gasteiger partial charge in [0.25, 0.3) is 5.91 Å². The molecule has 1 aliphatic heterocycles. The smallest absolute Gasteiger partial charge is 0.254 e. The van der Waals surface area contributed by atoms with Gasteiger partial charge in [-0.2, -0.15) is 0 Å². The van der Waals surface area contributed by atoms with Gasteiger partial charge in [-0.3, -0.25) is 14.6 Å². The molecule has 1 aliphatic rings. The molecule has 0 radical (unpaired) electrons. The molecule has 2 amide bonds. The van der Waals surface area contributed by atoms with Gasteiger partial charge in [0.05, 0.1) is 13.5 Å². The van der Waals surface area contributed by atoms with Crippen molar-refractivity contribution in [3.63, 3.8) is 0 Å². The number of ether oxygens (including phenoxy) is 1. The minimum Gasteiger partial charge on any atom is -0.494 e. The SMILES string of the molecule is COc1ccc(C(=O)N2CCN(C(=O)Cc3cncc(C)c3)C[C@@H]2C)cc1F. The molecule has 1 aromatic carbocycles. The standard InChI is InChI=1S/C21H24FN3O3/c1-14-8-16(12-23-11-14)9-20(26)24-6-7-25(15(2)13-24)21(27)17-4-5-19(28-3)18(22)10-17/h4-5,8,10-12,15H,6-7,9,13H2,1-3H3/t15-/m0/s1. The highest BCUT2D eigenvalue weighted by molar-refractivity contribution is 5.94. The van der Waals surface area contributed by atoms with Gasteiger partial charge in [-0.05, 0) is 43.2 Å². The zero-order valence-electron chi connectivity index (χ0n) is 16.3. The molecule has 0 bridgehead atoms. The van der Waals surface area contributed by atoms with Gasteiger partial charge in [0.1, 0.15) is 0 Å². The average molecular weight is 385 g/mol. The van der Waals surface area contributed by atoms with Gasteiger partial charge in [-0.25, -0.2) is 4.39 Å². The molecule has 6 nitrogen and oxygen atoms in total. The molecule has 0 spiro atoms. The van der Waals surface area contributed by atoms with Gasteiger partial charge in [-0.1, -0.05) is 6.07 Å². The van der Waals surface area contributed by atoms with Crippen molar-refractivity contribution in [2.75, 3.05) is 26.7 Å². The Morgan fingerprint density at radius 3 is 2.68 bits per heavy atom. The second-order valence-electron chi connectivity index (χ2n) is 7.08. The van der Waals surface area contributed by atoms with E-state index in [1.165, 1.54) is 19.2 Å². The largest absolute Gasteiger partial charge is 0.494 e. The Kier molecular flexibility index (Phi) is 5.92. The fraction of sp³-hybridized carbons (Fsp3) is 0.381. The van der Waals surface area contributed by atoms with Crippen molar-refractivity contribution >= 4 is 11.8 Å². The first-order valence-corrected chi connectivity index (χ1v) is 9.22. The van der Waals surface area contributed by atoms with Crippen LogP contribution in [0.15, 0.2) is 36.7 Å². The minimum atomic E-state index is -0.568. The molecule has 1 atom stereocenters. The van der Waals surface area contributed by atoms with E-state index in [1.54, 1.807) is 28.3 Å². The molecule has 0 saturated carbocycles. The Bertz CT molecular complexity index is 887. The highest BCUT2D eigenvalue weighted by Gasteiger charge is 2.30. The third-order valence-corrected chi connectivity index (χ3v) is 4.93. The molecular formula is C21H24FN3O3. The molecule has 1 aromatic heterocycles. The summed E-state index contributed by atoms with van der Waals surface area (Å²) in [6.07, 6.45) is 3.74. The number of aromatic nitrogens is 1. The van der Waals surface area contributed by atoms with Crippen molar-refractivity contribution in [1.82, 2.24) is 14.8 Å². The van der Waals surface area contributed by atoms with E-state index in [4.69, 9.17) is 4.74 Å². The second kappa shape index (κ2) is 8.37. The van der Waals surface area contributed by atoms with Crippen LogP contribution in [0.4, 0.5) is 4.39 Å². The first-order chi connectivity index (χ1) is 13.4. The lowest BCUT2D eigenvalue weighted by Gasteiger charge is -2.40. The third-order valence-electron chi connectivity index (χ3n) is 4.93. The number of hydrogen-bond acceptors (Lipinski definition) is 4. The minimum absolute atomic E-state index is 0.0156. The Morgan fingerprint density at radius 1 is 1.25 bits per heavy atom. The highest BCUT2D eigenvalue weighted by Crippen LogP contribution is 2.21. The number of hydrogen-bond donors (Lipinski definition) is 0. The molecule has 0 unspecified atom stereocenters. The van der Waals surface area contributed by atoms with E-state index in [0.717, 1.165) is 11.1 Å². The van der Waals surface area contributed by atoms with Gasteiger partial charge in [-0.15, -0.1) is 0 Å². The molecule has 0 N–H and O–H groups in total. The van der Waals surface area contributed by atoms with Crippen LogP contribution in [0.5, 0.6) is 5.75 Å². The summed E-state index contributed by atoms with van der Waals surface area (Å²) < 4.78 is 18.8. The summed E-state index contributed by atoms with van der Waals surface area (Å²) in [5.74, 6) is -0.696. The number of nitrogens with zero attached hydrogens (tertiary/aromatic N) is 3. The normalized spacial score (nSPS) is 16.8. The molecule has 0 aliphatic carbocycles. The third kappa shape index (κ3) is 4.30. The Morgan fingerprint density at radius 2 is 2.04 bits per heavy atom. The predicted molar refractivity (Wildman–Crippen MR) is 103 cm³/mol. The maximum absolute atomic E-state index is 13.9. The molecular weight excluding hydrogens is 361 g/mol. The van der Waals surface area contributed by atoms with Crippen LogP contribution in [-0.2, 0) is 11.2 Å². The monoisotopic (exact) mass is 385 g/mol. The molecule has 1 fully saturated rings. The van der Waals surface area contributed by atoms with Crippen molar-refractivity contribution in [3.8, 4) is 5.75 Å². The topological polar surface area (TPSA) is 62.7 Å². The zero-order valence-corrected chi connectivity index (χ0v) is 16.3. The van der Waals surface area contributed by atoms with Crippen LogP contribution in [0, 0.1) is 12.7 Å². The van der Waals surface area contributed by atoms with Crippen LogP contribution < -0.4 is 4.74 Å². The summed E-state index contributed by atoms with van der Waals surface area (Å²) in [7, 11) is 1.38. The lowest BCUT2D eigenvalue weighted by atomic mass is 10.1. The van der Waals surface area contributed by atoms with E-state index in [1.807, 2.05) is 19.9 Å². The lowest BCUT2D eigenvalue weighted by molar-refractivity contribution is -0.132.